The molecule has 2 aromatic heterocycles. The lowest BCUT2D eigenvalue weighted by Gasteiger charge is -2.23. The van der Waals surface area contributed by atoms with E-state index in [1.807, 2.05) is 0 Å². The van der Waals surface area contributed by atoms with Crippen molar-refractivity contribution in [3.8, 4) is 11.3 Å². The number of oxazole rings is 1. The van der Waals surface area contributed by atoms with Gasteiger partial charge in [-0.2, -0.15) is 0 Å². The van der Waals surface area contributed by atoms with Crippen LogP contribution < -0.4 is 5.32 Å². The van der Waals surface area contributed by atoms with Crippen LogP contribution in [-0.2, 0) is 16.0 Å². The number of amides is 2. The molecule has 10 heteroatoms. The second-order valence-electron chi connectivity index (χ2n) is 6.81. The van der Waals surface area contributed by atoms with Crippen LogP contribution in [0.5, 0.6) is 0 Å². The molecule has 30 heavy (non-hydrogen) atoms. The lowest BCUT2D eigenvalue weighted by Crippen LogP contribution is -2.43. The Hall–Kier alpha value is -2.42. The van der Waals surface area contributed by atoms with E-state index < -0.39 is 6.04 Å². The lowest BCUT2D eigenvalue weighted by molar-refractivity contribution is -0.136. The van der Waals surface area contributed by atoms with E-state index in [2.05, 4.69) is 15.3 Å². The van der Waals surface area contributed by atoms with Crippen LogP contribution in [-0.4, -0.2) is 39.3 Å². The Balaban J connectivity index is 1.36. The van der Waals surface area contributed by atoms with Crippen molar-refractivity contribution in [2.45, 2.75) is 31.7 Å². The van der Waals surface area contributed by atoms with Crippen LogP contribution in [0.3, 0.4) is 0 Å². The summed E-state index contributed by atoms with van der Waals surface area (Å²) in [5.41, 5.74) is 0.685. The van der Waals surface area contributed by atoms with Gasteiger partial charge in [-0.05, 0) is 31.0 Å². The van der Waals surface area contributed by atoms with E-state index >= 15 is 0 Å². The van der Waals surface area contributed by atoms with Crippen molar-refractivity contribution in [1.82, 2.24) is 14.9 Å². The van der Waals surface area contributed by atoms with Gasteiger partial charge in [-0.3, -0.25) is 9.59 Å². The first kappa shape index (κ1) is 20.8. The number of nitrogens with one attached hydrogen (secondary N) is 1. The molecule has 1 aliphatic rings. The summed E-state index contributed by atoms with van der Waals surface area (Å²) in [4.78, 5) is 35.2. The monoisotopic (exact) mass is 464 g/mol. The predicted octanol–water partition coefficient (Wildman–Crippen LogP) is 4.67. The zero-order valence-corrected chi connectivity index (χ0v) is 18.1. The number of nitrogens with zero attached hydrogens (tertiary/aromatic N) is 3. The van der Waals surface area contributed by atoms with E-state index in [1.165, 1.54) is 11.3 Å². The average molecular weight is 465 g/mol. The fraction of sp³-hybridized carbons (Fsp3) is 0.300. The maximum Gasteiger partial charge on any atom is 0.248 e. The summed E-state index contributed by atoms with van der Waals surface area (Å²) in [5, 5.41) is 6.10. The van der Waals surface area contributed by atoms with Crippen LogP contribution in [0.15, 0.2) is 40.4 Å². The minimum Gasteiger partial charge on any atom is -0.441 e. The highest BCUT2D eigenvalue weighted by Crippen LogP contribution is 2.31. The lowest BCUT2D eigenvalue weighted by atomic mass is 10.2. The van der Waals surface area contributed by atoms with Gasteiger partial charge in [-0.1, -0.05) is 23.2 Å². The van der Waals surface area contributed by atoms with Crippen molar-refractivity contribution in [3.63, 3.8) is 0 Å². The van der Waals surface area contributed by atoms with E-state index in [4.69, 9.17) is 27.6 Å². The van der Waals surface area contributed by atoms with Crippen LogP contribution in [0.2, 0.25) is 10.0 Å². The molecule has 1 saturated heterocycles. The van der Waals surface area contributed by atoms with Gasteiger partial charge >= 0.3 is 0 Å². The summed E-state index contributed by atoms with van der Waals surface area (Å²) in [5.74, 6) is 0.649. The van der Waals surface area contributed by atoms with Gasteiger partial charge in [0.25, 0.3) is 0 Å². The van der Waals surface area contributed by atoms with Gasteiger partial charge in [0.05, 0.1) is 11.2 Å². The number of aryl methyl sites for hydroxylation is 1. The molecule has 1 N–H and O–H groups in total. The van der Waals surface area contributed by atoms with Crippen LogP contribution in [0.1, 0.15) is 25.2 Å². The van der Waals surface area contributed by atoms with Gasteiger partial charge in [0.2, 0.25) is 11.8 Å². The molecule has 0 spiro atoms. The Bertz CT molecular complexity index is 1050. The summed E-state index contributed by atoms with van der Waals surface area (Å²) in [6, 6.07) is 4.64. The maximum absolute atomic E-state index is 12.7. The van der Waals surface area contributed by atoms with Crippen molar-refractivity contribution in [3.05, 3.63) is 51.9 Å². The second-order valence-corrected chi connectivity index (χ2v) is 8.55. The van der Waals surface area contributed by atoms with Gasteiger partial charge in [0.1, 0.15) is 6.04 Å². The molecule has 156 valence electrons. The molecule has 2 amide bonds. The first-order valence-electron chi connectivity index (χ1n) is 9.41. The highest BCUT2D eigenvalue weighted by atomic mass is 35.5. The van der Waals surface area contributed by atoms with Gasteiger partial charge in [0.15, 0.2) is 16.8 Å². The largest absolute Gasteiger partial charge is 0.441 e. The van der Waals surface area contributed by atoms with E-state index in [1.54, 1.807) is 40.9 Å². The molecule has 4 rings (SSSR count). The summed E-state index contributed by atoms with van der Waals surface area (Å²) in [7, 11) is 0. The zero-order valence-electron chi connectivity index (χ0n) is 15.8. The SMILES string of the molecule is O=C(Nc1nccs1)C1CCCN1C(=O)CCc1ncc(-c2ccc(Cl)cc2Cl)o1. The third-order valence-corrected chi connectivity index (χ3v) is 6.08. The van der Waals surface area contributed by atoms with Gasteiger partial charge < -0.3 is 14.6 Å². The number of hydrogen-bond acceptors (Lipinski definition) is 6. The third kappa shape index (κ3) is 4.66. The summed E-state index contributed by atoms with van der Waals surface area (Å²) in [6.45, 7) is 0.562. The molecular formula is C20H18Cl2N4O3S. The molecule has 3 heterocycles. The van der Waals surface area contributed by atoms with Gasteiger partial charge in [0, 0.05) is 41.5 Å². The molecular weight excluding hydrogens is 447 g/mol. The predicted molar refractivity (Wildman–Crippen MR) is 116 cm³/mol. The van der Waals surface area contributed by atoms with Crippen molar-refractivity contribution in [2.24, 2.45) is 0 Å². The molecule has 0 radical (unpaired) electrons. The van der Waals surface area contributed by atoms with E-state index in [0.717, 1.165) is 6.42 Å². The number of carbonyl (C=O) groups is 2. The molecule has 1 fully saturated rings. The molecule has 0 bridgehead atoms. The Morgan fingerprint density at radius 3 is 2.93 bits per heavy atom. The Morgan fingerprint density at radius 1 is 1.30 bits per heavy atom. The number of hydrogen-bond donors (Lipinski definition) is 1. The number of rotatable bonds is 6. The summed E-state index contributed by atoms with van der Waals surface area (Å²) >= 11 is 13.5. The number of halogens is 2. The Kier molecular flexibility index (Phi) is 6.36. The molecule has 0 aliphatic carbocycles. The molecule has 7 nitrogen and oxygen atoms in total. The molecule has 0 saturated carbocycles. The third-order valence-electron chi connectivity index (χ3n) is 4.84. The molecule has 1 atom stereocenters. The van der Waals surface area contributed by atoms with Crippen molar-refractivity contribution in [2.75, 3.05) is 11.9 Å². The number of thiazole rings is 1. The second kappa shape index (κ2) is 9.16. The van der Waals surface area contributed by atoms with E-state index in [-0.39, 0.29) is 18.2 Å². The highest BCUT2D eigenvalue weighted by Gasteiger charge is 2.34. The van der Waals surface area contributed by atoms with Crippen molar-refractivity contribution >= 4 is 51.5 Å². The first-order valence-corrected chi connectivity index (χ1v) is 11.0. The Labute approximate surface area is 187 Å². The van der Waals surface area contributed by atoms with E-state index in [0.29, 0.717) is 51.8 Å². The minimum atomic E-state index is -0.477. The number of benzene rings is 1. The Morgan fingerprint density at radius 2 is 2.17 bits per heavy atom. The van der Waals surface area contributed by atoms with Gasteiger partial charge in [-0.25, -0.2) is 9.97 Å². The molecule has 1 aliphatic heterocycles. The smallest absolute Gasteiger partial charge is 0.248 e. The minimum absolute atomic E-state index is 0.101. The van der Waals surface area contributed by atoms with Crippen molar-refractivity contribution in [1.29, 1.82) is 0 Å². The normalized spacial score (nSPS) is 16.1. The fourth-order valence-electron chi connectivity index (χ4n) is 3.41. The number of carbonyl (C=O) groups excluding carboxylic acids is 2. The number of anilines is 1. The highest BCUT2D eigenvalue weighted by molar-refractivity contribution is 7.13. The number of likely N-dealkylation sites (tertiary alicyclic amines) is 1. The first-order chi connectivity index (χ1) is 14.5. The summed E-state index contributed by atoms with van der Waals surface area (Å²) in [6.07, 6.45) is 5.17. The average Bonchev–Trinajstić information content (AvgIpc) is 3.47. The van der Waals surface area contributed by atoms with E-state index in [9.17, 15) is 9.59 Å². The quantitative estimate of drug-likeness (QED) is 0.572. The molecule has 1 aromatic carbocycles. The fourth-order valence-corrected chi connectivity index (χ4v) is 4.44. The van der Waals surface area contributed by atoms with Gasteiger partial charge in [-0.15, -0.1) is 11.3 Å². The van der Waals surface area contributed by atoms with Crippen molar-refractivity contribution < 1.29 is 14.0 Å². The van der Waals surface area contributed by atoms with Crippen LogP contribution >= 0.6 is 34.5 Å². The topological polar surface area (TPSA) is 88.3 Å². The number of aromatic nitrogens is 2. The van der Waals surface area contributed by atoms with Crippen LogP contribution in [0, 0.1) is 0 Å². The summed E-state index contributed by atoms with van der Waals surface area (Å²) < 4.78 is 5.75. The van der Waals surface area contributed by atoms with Crippen LogP contribution in [0.25, 0.3) is 11.3 Å². The maximum atomic E-state index is 12.7. The molecule has 3 aromatic rings. The zero-order chi connectivity index (χ0) is 21.1. The van der Waals surface area contributed by atoms with Crippen LogP contribution in [0.4, 0.5) is 5.13 Å². The standard InChI is InChI=1S/C20H18Cl2N4O3S/c21-12-3-4-13(14(22)10-12)16-11-24-17(29-16)5-6-18(27)26-8-1-2-15(26)19(28)25-20-23-7-9-30-20/h3-4,7,9-11,15H,1-2,5-6,8H2,(H,23,25,28). The molecule has 1 unspecified atom stereocenters.